The van der Waals surface area contributed by atoms with Gasteiger partial charge in [0.15, 0.2) is 18.3 Å². The van der Waals surface area contributed by atoms with Gasteiger partial charge in [-0.3, -0.25) is 9.69 Å². The van der Waals surface area contributed by atoms with E-state index in [2.05, 4.69) is 4.98 Å². The Kier molecular flexibility index (Phi) is 4.21. The molecule has 8 nitrogen and oxygen atoms in total. The molecule has 1 unspecified atom stereocenters. The van der Waals surface area contributed by atoms with E-state index < -0.39 is 6.23 Å². The third-order valence-corrected chi connectivity index (χ3v) is 4.89. The molecular weight excluding hydrogens is 336 g/mol. The molecular formula is C18H22N4O4. The summed E-state index contributed by atoms with van der Waals surface area (Å²) in [5.74, 6) is 1.37. The number of hydrogen-bond donors (Lipinski definition) is 3. The number of phenolic OH excluding ortho intramolecular Hbond substituents is 1. The second-order valence-corrected chi connectivity index (χ2v) is 6.50. The van der Waals surface area contributed by atoms with E-state index in [9.17, 15) is 9.90 Å². The van der Waals surface area contributed by atoms with Crippen LogP contribution in [0.15, 0.2) is 24.3 Å². The number of amides is 1. The molecule has 0 bridgehead atoms. The highest BCUT2D eigenvalue weighted by Crippen LogP contribution is 2.41. The van der Waals surface area contributed by atoms with Gasteiger partial charge in [-0.2, -0.15) is 0 Å². The number of nitrogens with two attached hydrogens (primary N) is 1. The molecule has 1 aromatic carbocycles. The molecule has 1 amide bonds. The maximum absolute atomic E-state index is 12.6. The molecule has 1 atom stereocenters. The van der Waals surface area contributed by atoms with E-state index in [1.165, 1.54) is 7.11 Å². The molecule has 1 fully saturated rings. The van der Waals surface area contributed by atoms with Crippen molar-refractivity contribution in [1.29, 1.82) is 0 Å². The van der Waals surface area contributed by atoms with Crippen molar-refractivity contribution >= 4 is 17.4 Å². The van der Waals surface area contributed by atoms with E-state index in [4.69, 9.17) is 15.2 Å². The Balaban J connectivity index is 1.60. The number of carbonyl (C=O) groups excluding carboxylic acids is 1. The topological polar surface area (TPSA) is 104 Å². The van der Waals surface area contributed by atoms with Crippen LogP contribution in [0.25, 0.3) is 0 Å². The zero-order valence-electron chi connectivity index (χ0n) is 14.6. The van der Waals surface area contributed by atoms with Gasteiger partial charge in [0.05, 0.1) is 0 Å². The number of ether oxygens (including phenoxy) is 2. The lowest BCUT2D eigenvalue weighted by molar-refractivity contribution is 0.0787. The summed E-state index contributed by atoms with van der Waals surface area (Å²) in [6.45, 7) is 1.89. The molecule has 138 valence electrons. The van der Waals surface area contributed by atoms with Gasteiger partial charge in [-0.1, -0.05) is 0 Å². The lowest BCUT2D eigenvalue weighted by Crippen LogP contribution is -2.28. The fourth-order valence-electron chi connectivity index (χ4n) is 3.41. The van der Waals surface area contributed by atoms with E-state index in [-0.39, 0.29) is 11.7 Å². The van der Waals surface area contributed by atoms with Crippen molar-refractivity contribution in [1.82, 2.24) is 9.88 Å². The van der Waals surface area contributed by atoms with Gasteiger partial charge < -0.3 is 30.2 Å². The third-order valence-electron chi connectivity index (χ3n) is 4.89. The highest BCUT2D eigenvalue weighted by Gasteiger charge is 2.29. The molecule has 0 aliphatic carbocycles. The largest absolute Gasteiger partial charge is 0.507 e. The average Bonchev–Trinajstić information content (AvgIpc) is 3.36. The summed E-state index contributed by atoms with van der Waals surface area (Å²) in [5, 5.41) is 10.2. The van der Waals surface area contributed by atoms with E-state index in [1.54, 1.807) is 18.2 Å². The Morgan fingerprint density at radius 3 is 2.81 bits per heavy atom. The maximum atomic E-state index is 12.6. The number of aromatic nitrogens is 1. The molecule has 4 rings (SSSR count). The molecule has 0 radical (unpaired) electrons. The van der Waals surface area contributed by atoms with Gasteiger partial charge in [0.2, 0.25) is 0 Å². The predicted octanol–water partition coefficient (Wildman–Crippen LogP) is 2.05. The average molecular weight is 358 g/mol. The van der Waals surface area contributed by atoms with Gasteiger partial charge in [-0.25, -0.2) is 0 Å². The fraction of sp³-hybridized carbons (Fsp3) is 0.389. The summed E-state index contributed by atoms with van der Waals surface area (Å²) in [5.41, 5.74) is 7.56. The molecule has 0 spiro atoms. The zero-order valence-corrected chi connectivity index (χ0v) is 14.6. The standard InChI is InChI=1S/C18H22N4O4/c1-25-16(19)12-5-4-11(8-14(12)23)22-10-26-15-9-13(20-17(15)22)18(24)21-6-2-3-7-21/h4-5,8-9,16,20,23H,2-3,6-7,10,19H2,1H3. The van der Waals surface area contributed by atoms with Crippen molar-refractivity contribution in [2.24, 2.45) is 5.73 Å². The van der Waals surface area contributed by atoms with Crippen LogP contribution >= 0.6 is 0 Å². The summed E-state index contributed by atoms with van der Waals surface area (Å²) in [7, 11) is 1.48. The van der Waals surface area contributed by atoms with E-state index >= 15 is 0 Å². The van der Waals surface area contributed by atoms with Gasteiger partial charge in [0.1, 0.15) is 17.7 Å². The number of rotatable bonds is 4. The predicted molar refractivity (Wildman–Crippen MR) is 95.6 cm³/mol. The zero-order chi connectivity index (χ0) is 18.3. The van der Waals surface area contributed by atoms with Crippen molar-refractivity contribution in [2.45, 2.75) is 19.1 Å². The molecule has 2 aromatic rings. The number of aromatic amines is 1. The quantitative estimate of drug-likeness (QED) is 0.723. The lowest BCUT2D eigenvalue weighted by Gasteiger charge is -2.19. The SMILES string of the molecule is COC(N)c1ccc(N2COc3cc(C(=O)N4CCCC4)[nH]c32)cc1O. The molecule has 4 N–H and O–H groups in total. The van der Waals surface area contributed by atoms with E-state index in [0.29, 0.717) is 29.6 Å². The number of aromatic hydroxyl groups is 1. The monoisotopic (exact) mass is 358 g/mol. The second kappa shape index (κ2) is 6.54. The van der Waals surface area contributed by atoms with Crippen molar-refractivity contribution in [3.8, 4) is 11.5 Å². The Hall–Kier alpha value is -2.71. The number of fused-ring (bicyclic) bond motifs is 1. The number of hydrogen-bond acceptors (Lipinski definition) is 6. The summed E-state index contributed by atoms with van der Waals surface area (Å²) >= 11 is 0. The summed E-state index contributed by atoms with van der Waals surface area (Å²) in [4.78, 5) is 19.4. The number of nitrogens with one attached hydrogen (secondary N) is 1. The molecule has 0 saturated carbocycles. The number of anilines is 2. The number of carbonyl (C=O) groups is 1. The third kappa shape index (κ3) is 2.77. The van der Waals surface area contributed by atoms with Crippen molar-refractivity contribution in [3.63, 3.8) is 0 Å². The van der Waals surface area contributed by atoms with Crippen molar-refractivity contribution < 1.29 is 19.4 Å². The van der Waals surface area contributed by atoms with Crippen LogP contribution in [0.5, 0.6) is 11.5 Å². The molecule has 1 aromatic heterocycles. The molecule has 2 aliphatic heterocycles. The first-order chi connectivity index (χ1) is 12.6. The smallest absolute Gasteiger partial charge is 0.270 e. The number of H-pyrrole nitrogens is 1. The minimum atomic E-state index is -0.690. The van der Waals surface area contributed by atoms with Gasteiger partial charge in [0.25, 0.3) is 5.91 Å². The first-order valence-corrected chi connectivity index (χ1v) is 8.62. The van der Waals surface area contributed by atoms with Crippen molar-refractivity contribution in [2.75, 3.05) is 31.8 Å². The van der Waals surface area contributed by atoms with Gasteiger partial charge >= 0.3 is 0 Å². The van der Waals surface area contributed by atoms with Gasteiger partial charge in [-0.15, -0.1) is 0 Å². The van der Waals surface area contributed by atoms with E-state index in [0.717, 1.165) is 31.6 Å². The first-order valence-electron chi connectivity index (χ1n) is 8.62. The number of phenols is 1. The molecule has 26 heavy (non-hydrogen) atoms. The Morgan fingerprint density at radius 1 is 1.35 bits per heavy atom. The molecule has 3 heterocycles. The number of methoxy groups -OCH3 is 1. The minimum absolute atomic E-state index is 0.00952. The fourth-order valence-corrected chi connectivity index (χ4v) is 3.41. The summed E-state index contributed by atoms with van der Waals surface area (Å²) in [6, 6.07) is 6.89. The van der Waals surface area contributed by atoms with Crippen LogP contribution in [0.3, 0.4) is 0 Å². The van der Waals surface area contributed by atoms with Crippen LogP contribution in [-0.4, -0.2) is 47.8 Å². The maximum Gasteiger partial charge on any atom is 0.270 e. The lowest BCUT2D eigenvalue weighted by atomic mass is 10.1. The van der Waals surface area contributed by atoms with Gasteiger partial charge in [0, 0.05) is 43.6 Å². The highest BCUT2D eigenvalue weighted by molar-refractivity contribution is 5.95. The van der Waals surface area contributed by atoms with Gasteiger partial charge in [-0.05, 0) is 25.0 Å². The van der Waals surface area contributed by atoms with Crippen LogP contribution in [0.1, 0.15) is 35.1 Å². The van der Waals surface area contributed by atoms with Crippen LogP contribution in [0, 0.1) is 0 Å². The van der Waals surface area contributed by atoms with Crippen LogP contribution < -0.4 is 15.4 Å². The van der Waals surface area contributed by atoms with Crippen molar-refractivity contribution in [3.05, 3.63) is 35.5 Å². The Labute approximate surface area is 151 Å². The summed E-state index contributed by atoms with van der Waals surface area (Å²) in [6.07, 6.45) is 1.40. The Bertz CT molecular complexity index is 829. The highest BCUT2D eigenvalue weighted by atomic mass is 16.5. The van der Waals surface area contributed by atoms with Crippen LogP contribution in [-0.2, 0) is 4.74 Å². The molecule has 1 saturated heterocycles. The van der Waals surface area contributed by atoms with E-state index in [1.807, 2.05) is 15.9 Å². The minimum Gasteiger partial charge on any atom is -0.507 e. The number of nitrogens with zero attached hydrogens (tertiary/aromatic N) is 2. The number of benzene rings is 1. The normalized spacial score (nSPS) is 17.3. The Morgan fingerprint density at radius 2 is 2.12 bits per heavy atom. The second-order valence-electron chi connectivity index (χ2n) is 6.50. The van der Waals surface area contributed by atoms with Crippen LogP contribution in [0.2, 0.25) is 0 Å². The van der Waals surface area contributed by atoms with Crippen LogP contribution in [0.4, 0.5) is 11.5 Å². The molecule has 8 heteroatoms. The summed E-state index contributed by atoms with van der Waals surface area (Å²) < 4.78 is 10.7. The molecule has 2 aliphatic rings. The number of likely N-dealkylation sites (tertiary alicyclic amines) is 1. The first kappa shape index (κ1) is 16.7.